The van der Waals surface area contributed by atoms with E-state index in [2.05, 4.69) is 67.6 Å². The fraction of sp³-hybridized carbons (Fsp3) is 0.500. The van der Waals surface area contributed by atoms with Crippen molar-refractivity contribution in [2.24, 2.45) is 11.8 Å². The van der Waals surface area contributed by atoms with Crippen molar-refractivity contribution in [2.45, 2.75) is 44.4 Å². The van der Waals surface area contributed by atoms with Crippen molar-refractivity contribution in [3.63, 3.8) is 0 Å². The van der Waals surface area contributed by atoms with Crippen LogP contribution in [0.1, 0.15) is 55.6 Å². The molecule has 4 rings (SSSR count). The Morgan fingerprint density at radius 3 is 2.64 bits per heavy atom. The molecule has 1 nitrogen and oxygen atoms in total. The number of rotatable bonds is 4. The lowest BCUT2D eigenvalue weighted by Gasteiger charge is -2.36. The van der Waals surface area contributed by atoms with Gasteiger partial charge in [-0.05, 0) is 61.9 Å². The molecular weight excluding hydrogens is 302 g/mol. The van der Waals surface area contributed by atoms with E-state index in [0.29, 0.717) is 5.92 Å². The third-order valence-electron chi connectivity index (χ3n) is 6.32. The summed E-state index contributed by atoms with van der Waals surface area (Å²) in [4.78, 5) is 2.29. The Morgan fingerprint density at radius 2 is 1.84 bits per heavy atom. The van der Waals surface area contributed by atoms with Gasteiger partial charge in [-0.25, -0.2) is 0 Å². The third-order valence-corrected chi connectivity index (χ3v) is 6.32. The van der Waals surface area contributed by atoms with E-state index < -0.39 is 0 Å². The largest absolute Gasteiger partial charge is 0.305 e. The molecule has 3 aliphatic rings. The van der Waals surface area contributed by atoms with E-state index in [1.807, 2.05) is 0 Å². The van der Waals surface area contributed by atoms with Crippen LogP contribution in [0.25, 0.3) is 6.08 Å². The average Bonchev–Trinajstić information content (AvgIpc) is 3.09. The number of likely N-dealkylation sites (N-methyl/N-ethyl adjacent to an activating group) is 1. The molecule has 1 aromatic carbocycles. The van der Waals surface area contributed by atoms with E-state index in [1.54, 1.807) is 16.7 Å². The van der Waals surface area contributed by atoms with Gasteiger partial charge in [0.25, 0.3) is 0 Å². The van der Waals surface area contributed by atoms with Crippen LogP contribution in [0.15, 0.2) is 53.6 Å². The molecule has 1 aromatic rings. The molecule has 0 N–H and O–H groups in total. The molecule has 1 saturated carbocycles. The molecule has 0 heterocycles. The van der Waals surface area contributed by atoms with Crippen molar-refractivity contribution < 1.29 is 0 Å². The maximum absolute atomic E-state index is 2.50. The molecule has 0 saturated heterocycles. The van der Waals surface area contributed by atoms with Crippen LogP contribution in [0.2, 0.25) is 0 Å². The Morgan fingerprint density at radius 1 is 1.04 bits per heavy atom. The van der Waals surface area contributed by atoms with Gasteiger partial charge < -0.3 is 4.90 Å². The van der Waals surface area contributed by atoms with E-state index in [4.69, 9.17) is 0 Å². The predicted molar refractivity (Wildman–Crippen MR) is 108 cm³/mol. The minimum atomic E-state index is 0.516. The Hall–Kier alpha value is -1.60. The van der Waals surface area contributed by atoms with Crippen molar-refractivity contribution in [3.8, 4) is 0 Å². The van der Waals surface area contributed by atoms with Crippen molar-refractivity contribution in [1.29, 1.82) is 0 Å². The molecule has 3 aliphatic carbocycles. The highest BCUT2D eigenvalue weighted by atomic mass is 15.0. The number of nitrogens with zero attached hydrogens (tertiary/aromatic N) is 1. The van der Waals surface area contributed by atoms with E-state index >= 15 is 0 Å². The zero-order valence-corrected chi connectivity index (χ0v) is 15.7. The van der Waals surface area contributed by atoms with Gasteiger partial charge in [-0.15, -0.1) is 0 Å². The summed E-state index contributed by atoms with van der Waals surface area (Å²) < 4.78 is 0. The topological polar surface area (TPSA) is 3.24 Å². The van der Waals surface area contributed by atoms with Gasteiger partial charge >= 0.3 is 0 Å². The van der Waals surface area contributed by atoms with Crippen LogP contribution in [0, 0.1) is 11.8 Å². The molecule has 2 unspecified atom stereocenters. The molecule has 0 spiro atoms. The quantitative estimate of drug-likeness (QED) is 0.672. The van der Waals surface area contributed by atoms with Crippen LogP contribution in [0.3, 0.4) is 0 Å². The zero-order valence-electron chi connectivity index (χ0n) is 15.7. The van der Waals surface area contributed by atoms with Crippen LogP contribution in [0.4, 0.5) is 0 Å². The van der Waals surface area contributed by atoms with Crippen LogP contribution in [-0.4, -0.2) is 25.5 Å². The highest BCUT2D eigenvalue weighted by molar-refractivity contribution is 5.63. The maximum atomic E-state index is 2.50. The van der Waals surface area contributed by atoms with Gasteiger partial charge in [0.05, 0.1) is 0 Å². The van der Waals surface area contributed by atoms with Crippen LogP contribution in [0.5, 0.6) is 0 Å². The summed E-state index contributed by atoms with van der Waals surface area (Å²) in [6.45, 7) is 1.06. The second-order valence-corrected chi connectivity index (χ2v) is 8.40. The molecule has 0 radical (unpaired) electrons. The summed E-state index contributed by atoms with van der Waals surface area (Å²) in [7, 11) is 4.34. The normalized spacial score (nSPS) is 26.5. The molecule has 132 valence electrons. The van der Waals surface area contributed by atoms with Crippen molar-refractivity contribution >= 4 is 6.08 Å². The van der Waals surface area contributed by atoms with Crippen molar-refractivity contribution in [2.75, 3.05) is 20.6 Å². The Bertz CT molecular complexity index is 701. The van der Waals surface area contributed by atoms with Gasteiger partial charge in [-0.1, -0.05) is 73.4 Å². The Balaban J connectivity index is 1.64. The van der Waals surface area contributed by atoms with Crippen molar-refractivity contribution in [1.82, 2.24) is 4.90 Å². The lowest BCUT2D eigenvalue weighted by molar-refractivity contribution is 0.299. The first-order valence-electron chi connectivity index (χ1n) is 10.0. The van der Waals surface area contributed by atoms with Gasteiger partial charge in [0, 0.05) is 12.5 Å². The molecule has 0 bridgehead atoms. The molecule has 1 heteroatoms. The van der Waals surface area contributed by atoms with Gasteiger partial charge in [0.15, 0.2) is 0 Å². The van der Waals surface area contributed by atoms with E-state index in [1.165, 1.54) is 44.1 Å². The monoisotopic (exact) mass is 333 g/mol. The molecule has 2 atom stereocenters. The van der Waals surface area contributed by atoms with Crippen LogP contribution in [-0.2, 0) is 0 Å². The second kappa shape index (κ2) is 7.33. The van der Waals surface area contributed by atoms with E-state index in [0.717, 1.165) is 18.4 Å². The molecule has 25 heavy (non-hydrogen) atoms. The van der Waals surface area contributed by atoms with Gasteiger partial charge in [-0.2, -0.15) is 0 Å². The van der Waals surface area contributed by atoms with Crippen LogP contribution < -0.4 is 0 Å². The van der Waals surface area contributed by atoms with Gasteiger partial charge in [0.2, 0.25) is 0 Å². The summed E-state index contributed by atoms with van der Waals surface area (Å²) in [5.74, 6) is 2.12. The third kappa shape index (κ3) is 3.53. The number of hydrogen-bond donors (Lipinski definition) is 0. The number of hydrogen-bond acceptors (Lipinski definition) is 1. The summed E-state index contributed by atoms with van der Waals surface area (Å²) in [6, 6.07) is 9.17. The lowest BCUT2D eigenvalue weighted by Crippen LogP contribution is -2.23. The summed E-state index contributed by atoms with van der Waals surface area (Å²) in [5, 5.41) is 0. The fourth-order valence-corrected chi connectivity index (χ4v) is 5.17. The first-order chi connectivity index (χ1) is 12.2. The minimum absolute atomic E-state index is 0.516. The molecule has 0 aromatic heterocycles. The highest BCUT2D eigenvalue weighted by Gasteiger charge is 2.32. The summed E-state index contributed by atoms with van der Waals surface area (Å²) in [6.07, 6.45) is 17.9. The minimum Gasteiger partial charge on any atom is -0.305 e. The smallest absolute Gasteiger partial charge is 0.0209 e. The van der Waals surface area contributed by atoms with E-state index in [-0.39, 0.29) is 0 Å². The molecule has 0 amide bonds. The second-order valence-electron chi connectivity index (χ2n) is 8.40. The first-order valence-corrected chi connectivity index (χ1v) is 10.0. The first kappa shape index (κ1) is 16.8. The number of fused-ring (bicyclic) bond motifs is 1. The van der Waals surface area contributed by atoms with E-state index in [9.17, 15) is 0 Å². The Labute approximate surface area is 153 Å². The summed E-state index contributed by atoms with van der Waals surface area (Å²) >= 11 is 0. The standard InChI is InChI=1S/C24H31N/c1-25(2)17-20-12-8-14-22(20)21-15-19-11-6-7-13-23(19)24(16-21)18-9-4-3-5-10-18/h6-8,11-15,18,22,24H,3-5,9-10,16-17H2,1-2H3. The summed E-state index contributed by atoms with van der Waals surface area (Å²) in [5.41, 5.74) is 6.27. The average molecular weight is 334 g/mol. The maximum Gasteiger partial charge on any atom is 0.0209 e. The van der Waals surface area contributed by atoms with Gasteiger partial charge in [0.1, 0.15) is 0 Å². The fourth-order valence-electron chi connectivity index (χ4n) is 5.17. The molecule has 1 fully saturated rings. The Kier molecular flexibility index (Phi) is 4.94. The molecule has 0 aliphatic heterocycles. The predicted octanol–water partition coefficient (Wildman–Crippen LogP) is 5.81. The van der Waals surface area contributed by atoms with Crippen LogP contribution >= 0.6 is 0 Å². The lowest BCUT2D eigenvalue weighted by atomic mass is 9.69. The SMILES string of the molecule is CN(C)CC1=CC=CC1C1=Cc2ccccc2C(C2CCCCC2)C1. The number of benzene rings is 1. The zero-order chi connectivity index (χ0) is 17.2. The van der Waals surface area contributed by atoms with Crippen molar-refractivity contribution in [3.05, 3.63) is 64.8 Å². The van der Waals surface area contributed by atoms with Gasteiger partial charge in [-0.3, -0.25) is 0 Å². The highest BCUT2D eigenvalue weighted by Crippen LogP contribution is 2.47. The molecular formula is C24H31N. The number of allylic oxidation sites excluding steroid dienone is 4.